The second-order valence-corrected chi connectivity index (χ2v) is 7.21. The van der Waals surface area contributed by atoms with Crippen LogP contribution in [0.15, 0.2) is 59.5 Å². The quantitative estimate of drug-likeness (QED) is 0.642. The summed E-state index contributed by atoms with van der Waals surface area (Å²) in [4.78, 5) is 16.7. The van der Waals surface area contributed by atoms with Gasteiger partial charge in [-0.05, 0) is 37.1 Å². The normalized spacial score (nSPS) is 14.9. The van der Waals surface area contributed by atoms with E-state index < -0.39 is 17.8 Å². The number of aromatic nitrogens is 2. The maximum atomic E-state index is 12.8. The molecule has 2 aromatic rings. The van der Waals surface area contributed by atoms with Crippen molar-refractivity contribution >= 4 is 17.4 Å². The number of anilines is 1. The first-order valence-electron chi connectivity index (χ1n) is 9.56. The smallest absolute Gasteiger partial charge is 0.383 e. The molecule has 1 atom stereocenters. The molecule has 31 heavy (non-hydrogen) atoms. The van der Waals surface area contributed by atoms with Crippen molar-refractivity contribution in [3.05, 3.63) is 71.5 Å². The Kier molecular flexibility index (Phi) is 6.47. The maximum absolute atomic E-state index is 12.8. The van der Waals surface area contributed by atoms with Gasteiger partial charge in [-0.15, -0.1) is 0 Å². The molecule has 0 fully saturated rings. The molecule has 1 aliphatic rings. The Morgan fingerprint density at radius 2 is 2.03 bits per heavy atom. The van der Waals surface area contributed by atoms with Gasteiger partial charge in [0.15, 0.2) is 5.69 Å². The number of carbonyl (C=O) groups excluding carboxylic acids is 1. The monoisotopic (exact) mass is 432 g/mol. The van der Waals surface area contributed by atoms with Gasteiger partial charge in [-0.25, -0.2) is 4.99 Å². The van der Waals surface area contributed by atoms with Crippen LogP contribution in [0.25, 0.3) is 0 Å². The fourth-order valence-electron chi connectivity index (χ4n) is 2.96. The Morgan fingerprint density at radius 1 is 1.26 bits per heavy atom. The number of benzene rings is 1. The van der Waals surface area contributed by atoms with Gasteiger partial charge in [-0.3, -0.25) is 9.48 Å². The van der Waals surface area contributed by atoms with E-state index in [-0.39, 0.29) is 11.7 Å². The van der Waals surface area contributed by atoms with E-state index in [4.69, 9.17) is 0 Å². The third-order valence-corrected chi connectivity index (χ3v) is 4.61. The number of nitrogens with one attached hydrogen (secondary N) is 3. The molecule has 0 saturated heterocycles. The van der Waals surface area contributed by atoms with Crippen molar-refractivity contribution < 1.29 is 18.0 Å². The maximum Gasteiger partial charge on any atom is 0.435 e. The Hall–Kier alpha value is -3.56. The van der Waals surface area contributed by atoms with Gasteiger partial charge in [-0.2, -0.15) is 18.3 Å². The predicted molar refractivity (Wildman–Crippen MR) is 112 cm³/mol. The van der Waals surface area contributed by atoms with Crippen LogP contribution in [0.1, 0.15) is 48.1 Å². The van der Waals surface area contributed by atoms with Crippen molar-refractivity contribution in [2.75, 3.05) is 5.32 Å². The van der Waals surface area contributed by atoms with E-state index in [1.54, 1.807) is 30.6 Å². The number of hydrogen-bond donors (Lipinski definition) is 3. The fraction of sp³-hybridized carbons (Fsp3) is 0.286. The molecular weight excluding hydrogens is 409 g/mol. The van der Waals surface area contributed by atoms with Gasteiger partial charge < -0.3 is 16.0 Å². The van der Waals surface area contributed by atoms with Gasteiger partial charge in [0.25, 0.3) is 5.91 Å². The van der Waals surface area contributed by atoms with Crippen molar-refractivity contribution in [2.24, 2.45) is 12.0 Å². The first-order valence-corrected chi connectivity index (χ1v) is 9.56. The van der Waals surface area contributed by atoms with Crippen LogP contribution in [0.3, 0.4) is 0 Å². The summed E-state index contributed by atoms with van der Waals surface area (Å²) in [7, 11) is 1.29. The minimum atomic E-state index is -4.61. The largest absolute Gasteiger partial charge is 0.435 e. The van der Waals surface area contributed by atoms with Gasteiger partial charge in [-0.1, -0.05) is 12.1 Å². The molecule has 0 bridgehead atoms. The molecule has 1 unspecified atom stereocenters. The van der Waals surface area contributed by atoms with Crippen LogP contribution in [0.4, 0.5) is 18.9 Å². The van der Waals surface area contributed by atoms with Crippen molar-refractivity contribution in [1.82, 2.24) is 20.4 Å². The standard InChI is InChI=1S/C21H23F3N6O/c1-13-9-19(27-12-13)26-8-7-25-14(2)15-5-4-6-16(10-15)28-20(31)17-11-18(21(22,23)24)29-30(17)3/h4-8,10-12,14,25H,9H2,1-3H3,(H,26,27)(H,28,31). The molecule has 3 rings (SSSR count). The highest BCUT2D eigenvalue weighted by Crippen LogP contribution is 2.28. The fourth-order valence-corrected chi connectivity index (χ4v) is 2.96. The molecule has 7 nitrogen and oxygen atoms in total. The summed E-state index contributed by atoms with van der Waals surface area (Å²) >= 11 is 0. The third-order valence-electron chi connectivity index (χ3n) is 4.61. The van der Waals surface area contributed by atoms with Crippen molar-refractivity contribution in [3.63, 3.8) is 0 Å². The lowest BCUT2D eigenvalue weighted by molar-refractivity contribution is -0.141. The minimum Gasteiger partial charge on any atom is -0.383 e. The molecule has 1 aliphatic heterocycles. The Morgan fingerprint density at radius 3 is 2.68 bits per heavy atom. The molecule has 1 aromatic carbocycles. The average Bonchev–Trinajstić information content (AvgIpc) is 3.30. The summed E-state index contributed by atoms with van der Waals surface area (Å²) < 4.78 is 39.3. The van der Waals surface area contributed by atoms with E-state index in [1.807, 2.05) is 26.1 Å². The Balaban J connectivity index is 1.59. The number of halogens is 3. The minimum absolute atomic E-state index is 0.0752. The highest BCUT2D eigenvalue weighted by Gasteiger charge is 2.35. The summed E-state index contributed by atoms with van der Waals surface area (Å²) in [5.41, 5.74) is 1.25. The molecular formula is C21H23F3N6O. The first kappa shape index (κ1) is 22.1. The second-order valence-electron chi connectivity index (χ2n) is 7.21. The van der Waals surface area contributed by atoms with E-state index in [2.05, 4.69) is 26.0 Å². The molecule has 3 N–H and O–H groups in total. The number of amides is 1. The lowest BCUT2D eigenvalue weighted by Gasteiger charge is -2.14. The topological polar surface area (TPSA) is 83.3 Å². The molecule has 164 valence electrons. The summed E-state index contributed by atoms with van der Waals surface area (Å²) in [6.45, 7) is 3.96. The van der Waals surface area contributed by atoms with Crippen LogP contribution < -0.4 is 16.0 Å². The van der Waals surface area contributed by atoms with Gasteiger partial charge >= 0.3 is 6.18 Å². The number of amidine groups is 1. The third kappa shape index (κ3) is 5.74. The summed E-state index contributed by atoms with van der Waals surface area (Å²) in [5, 5.41) is 12.3. The molecule has 1 amide bonds. The molecule has 0 aliphatic carbocycles. The van der Waals surface area contributed by atoms with E-state index >= 15 is 0 Å². The first-order chi connectivity index (χ1) is 14.6. The molecule has 0 spiro atoms. The van der Waals surface area contributed by atoms with E-state index in [9.17, 15) is 18.0 Å². The lowest BCUT2D eigenvalue weighted by atomic mass is 10.1. The van der Waals surface area contributed by atoms with E-state index in [0.717, 1.165) is 28.6 Å². The predicted octanol–water partition coefficient (Wildman–Crippen LogP) is 4.11. The van der Waals surface area contributed by atoms with Gasteiger partial charge in [0.1, 0.15) is 11.5 Å². The Labute approximate surface area is 177 Å². The summed E-state index contributed by atoms with van der Waals surface area (Å²) in [6.07, 6.45) is 1.53. The summed E-state index contributed by atoms with van der Waals surface area (Å²) in [5.74, 6) is 0.199. The molecule has 2 heterocycles. The zero-order chi connectivity index (χ0) is 22.6. The number of rotatable bonds is 6. The Bertz CT molecular complexity index is 1050. The lowest BCUT2D eigenvalue weighted by Crippen LogP contribution is -2.18. The summed E-state index contributed by atoms with van der Waals surface area (Å²) in [6, 6.07) is 7.72. The SMILES string of the molecule is CC1=CN=C(NC=CNC(C)c2cccc(NC(=O)c3cc(C(F)(F)F)nn3C)c2)C1. The highest BCUT2D eigenvalue weighted by molar-refractivity contribution is 6.03. The molecule has 0 radical (unpaired) electrons. The van der Waals surface area contributed by atoms with Gasteiger partial charge in [0.05, 0.1) is 0 Å². The van der Waals surface area contributed by atoms with E-state index in [1.165, 1.54) is 12.6 Å². The van der Waals surface area contributed by atoms with Crippen LogP contribution in [0.5, 0.6) is 0 Å². The zero-order valence-electron chi connectivity index (χ0n) is 17.3. The van der Waals surface area contributed by atoms with Crippen molar-refractivity contribution in [2.45, 2.75) is 32.5 Å². The molecule has 10 heteroatoms. The van der Waals surface area contributed by atoms with Gasteiger partial charge in [0, 0.05) is 49.9 Å². The van der Waals surface area contributed by atoms with Crippen LogP contribution in [-0.4, -0.2) is 21.5 Å². The van der Waals surface area contributed by atoms with Crippen molar-refractivity contribution in [1.29, 1.82) is 0 Å². The number of carbonyl (C=O) groups is 1. The molecule has 1 aromatic heterocycles. The zero-order valence-corrected chi connectivity index (χ0v) is 17.3. The van der Waals surface area contributed by atoms with Crippen molar-refractivity contribution in [3.8, 4) is 0 Å². The molecule has 0 saturated carbocycles. The van der Waals surface area contributed by atoms with Crippen LogP contribution >= 0.6 is 0 Å². The number of alkyl halides is 3. The number of nitrogens with zero attached hydrogens (tertiary/aromatic N) is 3. The second kappa shape index (κ2) is 9.07. The van der Waals surface area contributed by atoms with Gasteiger partial charge in [0.2, 0.25) is 0 Å². The van der Waals surface area contributed by atoms with Crippen LogP contribution in [0, 0.1) is 0 Å². The van der Waals surface area contributed by atoms with Crippen LogP contribution in [-0.2, 0) is 13.2 Å². The van der Waals surface area contributed by atoms with E-state index in [0.29, 0.717) is 5.69 Å². The number of hydrogen-bond acceptors (Lipinski definition) is 5. The average molecular weight is 432 g/mol. The highest BCUT2D eigenvalue weighted by atomic mass is 19.4. The van der Waals surface area contributed by atoms with Crippen LogP contribution in [0.2, 0.25) is 0 Å². The number of aryl methyl sites for hydroxylation is 1. The number of aliphatic imine (C=N–C) groups is 1.